The fraction of sp³-hybridized carbons (Fsp3) is 0.636. The van der Waals surface area contributed by atoms with Gasteiger partial charge in [0.1, 0.15) is 5.82 Å². The molecule has 0 amide bonds. The van der Waals surface area contributed by atoms with E-state index in [1.165, 1.54) is 6.20 Å². The largest absolute Gasteiger partial charge is 0.501 e. The van der Waals surface area contributed by atoms with Crippen LogP contribution in [0.15, 0.2) is 6.20 Å². The third-order valence-electron chi connectivity index (χ3n) is 3.40. The molecule has 1 fully saturated rings. The van der Waals surface area contributed by atoms with Crippen molar-refractivity contribution in [3.8, 4) is 0 Å². The van der Waals surface area contributed by atoms with Gasteiger partial charge in [-0.1, -0.05) is 0 Å². The average molecular weight is 238 g/mol. The highest BCUT2D eigenvalue weighted by Gasteiger charge is 2.52. The molecule has 1 aromatic heterocycles. The fourth-order valence-electron chi connectivity index (χ4n) is 1.58. The molecule has 2 rings (SSSR count). The molecule has 17 heavy (non-hydrogen) atoms. The Morgan fingerprint density at radius 2 is 1.71 bits per heavy atom. The summed E-state index contributed by atoms with van der Waals surface area (Å²) in [6, 6.07) is 0. The van der Waals surface area contributed by atoms with Gasteiger partial charge in [0.25, 0.3) is 0 Å². The second-order valence-corrected chi connectivity index (χ2v) is 5.25. The lowest BCUT2D eigenvalue weighted by molar-refractivity contribution is 0.00578. The third-order valence-corrected chi connectivity index (χ3v) is 3.40. The molecule has 0 bridgehead atoms. The zero-order valence-corrected chi connectivity index (χ0v) is 10.7. The van der Waals surface area contributed by atoms with Crippen LogP contribution in [0.4, 0.5) is 4.39 Å². The minimum absolute atomic E-state index is 0.245. The SMILES string of the molecule is Cc1ncc(B2OC(C)(C)C(C)(C)O2)c(F)n1. The van der Waals surface area contributed by atoms with E-state index >= 15 is 0 Å². The predicted octanol–water partition coefficient (Wildman–Crippen LogP) is 1.22. The summed E-state index contributed by atoms with van der Waals surface area (Å²) in [4.78, 5) is 7.64. The second-order valence-electron chi connectivity index (χ2n) is 5.25. The minimum Gasteiger partial charge on any atom is -0.399 e. The van der Waals surface area contributed by atoms with Gasteiger partial charge in [-0.05, 0) is 34.6 Å². The van der Waals surface area contributed by atoms with E-state index in [9.17, 15) is 4.39 Å². The molecule has 2 heterocycles. The maximum Gasteiger partial charge on any atom is 0.501 e. The Morgan fingerprint density at radius 3 is 2.18 bits per heavy atom. The molecule has 1 saturated heterocycles. The summed E-state index contributed by atoms with van der Waals surface area (Å²) in [5.74, 6) is -0.196. The highest BCUT2D eigenvalue weighted by atomic mass is 19.1. The van der Waals surface area contributed by atoms with Crippen LogP contribution in [0.25, 0.3) is 0 Å². The van der Waals surface area contributed by atoms with Gasteiger partial charge >= 0.3 is 7.12 Å². The van der Waals surface area contributed by atoms with Gasteiger partial charge < -0.3 is 9.31 Å². The number of rotatable bonds is 1. The molecule has 0 saturated carbocycles. The van der Waals surface area contributed by atoms with Gasteiger partial charge in [-0.3, -0.25) is 0 Å². The van der Waals surface area contributed by atoms with Crippen LogP contribution in [0, 0.1) is 12.9 Å². The first-order valence-corrected chi connectivity index (χ1v) is 5.58. The van der Waals surface area contributed by atoms with Crippen molar-refractivity contribution in [2.75, 3.05) is 0 Å². The molecule has 0 spiro atoms. The van der Waals surface area contributed by atoms with Crippen molar-refractivity contribution in [3.05, 3.63) is 18.0 Å². The molecule has 1 aliphatic rings. The van der Waals surface area contributed by atoms with Gasteiger partial charge in [-0.2, -0.15) is 4.39 Å². The van der Waals surface area contributed by atoms with Crippen LogP contribution in [-0.2, 0) is 9.31 Å². The van der Waals surface area contributed by atoms with Crippen LogP contribution in [-0.4, -0.2) is 28.3 Å². The highest BCUT2D eigenvalue weighted by molar-refractivity contribution is 6.62. The molecule has 0 radical (unpaired) electrons. The average Bonchev–Trinajstić information content (AvgIpc) is 2.35. The minimum atomic E-state index is -0.749. The smallest absolute Gasteiger partial charge is 0.399 e. The Labute approximate surface area is 101 Å². The number of halogens is 1. The van der Waals surface area contributed by atoms with Crippen molar-refractivity contribution >= 4 is 12.6 Å². The summed E-state index contributed by atoms with van der Waals surface area (Å²) in [7, 11) is -0.749. The van der Waals surface area contributed by atoms with E-state index < -0.39 is 24.3 Å². The number of hydrogen-bond donors (Lipinski definition) is 0. The van der Waals surface area contributed by atoms with Gasteiger partial charge in [0.15, 0.2) is 0 Å². The summed E-state index contributed by atoms with van der Waals surface area (Å²) in [6.07, 6.45) is 1.42. The van der Waals surface area contributed by atoms with E-state index in [0.717, 1.165) is 0 Å². The van der Waals surface area contributed by atoms with Gasteiger partial charge in [0.2, 0.25) is 5.95 Å². The summed E-state index contributed by atoms with van der Waals surface area (Å²) in [5.41, 5.74) is -0.737. The van der Waals surface area contributed by atoms with Crippen molar-refractivity contribution in [1.29, 1.82) is 0 Å². The molecule has 0 atom stereocenters. The lowest BCUT2D eigenvalue weighted by Gasteiger charge is -2.32. The van der Waals surface area contributed by atoms with Gasteiger partial charge in [-0.25, -0.2) is 9.97 Å². The van der Waals surface area contributed by atoms with E-state index in [-0.39, 0.29) is 5.46 Å². The molecule has 1 aromatic rings. The van der Waals surface area contributed by atoms with Crippen molar-refractivity contribution in [2.24, 2.45) is 0 Å². The predicted molar refractivity (Wildman–Crippen MR) is 62.4 cm³/mol. The topological polar surface area (TPSA) is 44.2 Å². The van der Waals surface area contributed by atoms with Crippen molar-refractivity contribution in [3.63, 3.8) is 0 Å². The first-order valence-electron chi connectivity index (χ1n) is 5.58. The molecular formula is C11H16BFN2O2. The van der Waals surface area contributed by atoms with Crippen LogP contribution in [0.5, 0.6) is 0 Å². The third kappa shape index (κ3) is 2.07. The molecular weight excluding hydrogens is 222 g/mol. The van der Waals surface area contributed by atoms with Crippen molar-refractivity contribution in [2.45, 2.75) is 45.8 Å². The summed E-state index contributed by atoms with van der Waals surface area (Å²) in [6.45, 7) is 9.30. The number of hydrogen-bond acceptors (Lipinski definition) is 4. The number of nitrogens with zero attached hydrogens (tertiary/aromatic N) is 2. The first-order chi connectivity index (χ1) is 7.73. The molecule has 1 aliphatic heterocycles. The van der Waals surface area contributed by atoms with Crippen molar-refractivity contribution < 1.29 is 13.7 Å². The number of aryl methyl sites for hydroxylation is 1. The van der Waals surface area contributed by atoms with Crippen LogP contribution < -0.4 is 5.46 Å². The molecule has 0 unspecified atom stereocenters. The summed E-state index contributed by atoms with van der Waals surface area (Å²) in [5, 5.41) is 0. The Morgan fingerprint density at radius 1 is 1.18 bits per heavy atom. The maximum atomic E-state index is 13.7. The summed E-state index contributed by atoms with van der Waals surface area (Å²) < 4.78 is 25.2. The number of aromatic nitrogens is 2. The van der Waals surface area contributed by atoms with E-state index in [4.69, 9.17) is 9.31 Å². The zero-order valence-electron chi connectivity index (χ0n) is 10.7. The van der Waals surface area contributed by atoms with Crippen LogP contribution in [0.2, 0.25) is 0 Å². The van der Waals surface area contributed by atoms with Gasteiger partial charge in [0.05, 0.1) is 16.7 Å². The quantitative estimate of drug-likeness (QED) is 0.545. The standard InChI is InChI=1S/C11H16BFN2O2/c1-7-14-6-8(9(13)15-7)12-16-10(2,3)11(4,5)17-12/h6H,1-5H3. The molecule has 6 heteroatoms. The summed E-state index contributed by atoms with van der Waals surface area (Å²) >= 11 is 0. The highest BCUT2D eigenvalue weighted by Crippen LogP contribution is 2.36. The van der Waals surface area contributed by atoms with Crippen LogP contribution in [0.3, 0.4) is 0 Å². The first kappa shape index (κ1) is 12.5. The Hall–Kier alpha value is -1.01. The van der Waals surface area contributed by atoms with Crippen LogP contribution >= 0.6 is 0 Å². The Kier molecular flexibility index (Phi) is 2.74. The Bertz CT molecular complexity index is 435. The molecule has 0 N–H and O–H groups in total. The molecule has 0 aliphatic carbocycles. The van der Waals surface area contributed by atoms with E-state index in [2.05, 4.69) is 9.97 Å². The molecule has 0 aromatic carbocycles. The Balaban J connectivity index is 2.32. The van der Waals surface area contributed by atoms with E-state index in [1.54, 1.807) is 6.92 Å². The maximum absolute atomic E-state index is 13.7. The van der Waals surface area contributed by atoms with Gasteiger partial charge in [-0.15, -0.1) is 0 Å². The second kappa shape index (κ2) is 3.75. The normalized spacial score (nSPS) is 21.9. The molecule has 4 nitrogen and oxygen atoms in total. The van der Waals surface area contributed by atoms with Crippen molar-refractivity contribution in [1.82, 2.24) is 9.97 Å². The van der Waals surface area contributed by atoms with Gasteiger partial charge in [0, 0.05) is 6.20 Å². The lowest BCUT2D eigenvalue weighted by atomic mass is 9.81. The lowest BCUT2D eigenvalue weighted by Crippen LogP contribution is -2.41. The van der Waals surface area contributed by atoms with Crippen LogP contribution in [0.1, 0.15) is 33.5 Å². The van der Waals surface area contributed by atoms with E-state index in [1.807, 2.05) is 27.7 Å². The van der Waals surface area contributed by atoms with E-state index in [0.29, 0.717) is 5.82 Å². The fourth-order valence-corrected chi connectivity index (χ4v) is 1.58. The zero-order chi connectivity index (χ0) is 12.8. The molecule has 92 valence electrons. The monoisotopic (exact) mass is 238 g/mol.